The van der Waals surface area contributed by atoms with Gasteiger partial charge in [0.1, 0.15) is 23.5 Å². The molecule has 0 N–H and O–H groups in total. The standard InChI is InChI=1S/C27H29F2N5O/c1-18(2)33-10-12-34(13-11-33)27-7-4-21(17-31-27)24(23-6-5-22(28)15-25(23)29)16-26(32-35)20-8-9-30-19(3)14-20/h4-9,14-15,17,24,26H,1,10-13,16H2,2-3H3. The molecular weight excluding hydrogens is 448 g/mol. The molecule has 0 aliphatic carbocycles. The summed E-state index contributed by atoms with van der Waals surface area (Å²) in [6, 6.07) is 10.2. The maximum Gasteiger partial charge on any atom is 0.129 e. The SMILES string of the molecule is C=C(C)N1CCN(c2ccc(C(CC(N=O)c3ccnc(C)c3)c3ccc(F)cc3F)cn2)CC1. The number of pyridine rings is 2. The Hall–Kier alpha value is -3.68. The number of piperazine rings is 1. The first-order valence-electron chi connectivity index (χ1n) is 11.7. The van der Waals surface area contributed by atoms with Crippen LogP contribution in [0.1, 0.15) is 47.7 Å². The van der Waals surface area contributed by atoms with E-state index in [-0.39, 0.29) is 6.42 Å². The molecular formula is C27H29F2N5O. The number of anilines is 1. The molecule has 0 radical (unpaired) electrons. The van der Waals surface area contributed by atoms with Crippen molar-refractivity contribution in [3.63, 3.8) is 0 Å². The molecule has 1 aliphatic rings. The molecule has 0 bridgehead atoms. The van der Waals surface area contributed by atoms with Crippen molar-refractivity contribution in [2.45, 2.75) is 32.2 Å². The van der Waals surface area contributed by atoms with E-state index >= 15 is 0 Å². The number of nitroso groups, excluding NO2 is 1. The minimum atomic E-state index is -0.721. The second kappa shape index (κ2) is 10.7. The van der Waals surface area contributed by atoms with Crippen LogP contribution in [-0.4, -0.2) is 41.0 Å². The van der Waals surface area contributed by atoms with Crippen molar-refractivity contribution >= 4 is 5.82 Å². The summed E-state index contributed by atoms with van der Waals surface area (Å²) in [6.07, 6.45) is 3.56. The third kappa shape index (κ3) is 5.70. The maximum atomic E-state index is 14.9. The van der Waals surface area contributed by atoms with Crippen molar-refractivity contribution < 1.29 is 8.78 Å². The third-order valence-electron chi connectivity index (χ3n) is 6.55. The lowest BCUT2D eigenvalue weighted by molar-refractivity contribution is 0.322. The number of nitrogens with zero attached hydrogens (tertiary/aromatic N) is 5. The van der Waals surface area contributed by atoms with Crippen LogP contribution >= 0.6 is 0 Å². The summed E-state index contributed by atoms with van der Waals surface area (Å²) in [7, 11) is 0. The van der Waals surface area contributed by atoms with Gasteiger partial charge in [-0.3, -0.25) is 4.98 Å². The predicted molar refractivity (Wildman–Crippen MR) is 133 cm³/mol. The zero-order valence-corrected chi connectivity index (χ0v) is 20.0. The average Bonchev–Trinajstić information content (AvgIpc) is 2.86. The van der Waals surface area contributed by atoms with Gasteiger partial charge in [-0.1, -0.05) is 23.9 Å². The van der Waals surface area contributed by atoms with Crippen LogP contribution in [0.2, 0.25) is 0 Å². The molecule has 2 unspecified atom stereocenters. The summed E-state index contributed by atoms with van der Waals surface area (Å²) in [4.78, 5) is 25.1. The molecule has 2 atom stereocenters. The van der Waals surface area contributed by atoms with E-state index in [4.69, 9.17) is 0 Å². The number of hydrogen-bond acceptors (Lipinski definition) is 6. The molecule has 0 saturated carbocycles. The van der Waals surface area contributed by atoms with Crippen LogP contribution in [0.25, 0.3) is 0 Å². The molecule has 6 nitrogen and oxygen atoms in total. The molecule has 3 heterocycles. The van der Waals surface area contributed by atoms with Gasteiger partial charge in [0.05, 0.1) is 0 Å². The quantitative estimate of drug-likeness (QED) is 0.387. The van der Waals surface area contributed by atoms with Crippen LogP contribution in [0.5, 0.6) is 0 Å². The van der Waals surface area contributed by atoms with E-state index in [0.29, 0.717) is 11.1 Å². The molecule has 1 aromatic carbocycles. The van der Waals surface area contributed by atoms with E-state index in [0.717, 1.165) is 55.0 Å². The minimum absolute atomic E-state index is 0.216. The lowest BCUT2D eigenvalue weighted by Crippen LogP contribution is -2.45. The summed E-state index contributed by atoms with van der Waals surface area (Å²) in [5.74, 6) is -1.01. The molecule has 4 rings (SSSR count). The summed E-state index contributed by atoms with van der Waals surface area (Å²) in [5.41, 5.74) is 3.56. The Balaban J connectivity index is 1.62. The number of allylic oxidation sites excluding steroid dienone is 1. The molecule has 182 valence electrons. The fraction of sp³-hybridized carbons (Fsp3) is 0.333. The number of benzene rings is 1. The fourth-order valence-electron chi connectivity index (χ4n) is 4.57. The molecule has 1 saturated heterocycles. The molecule has 2 aromatic heterocycles. The van der Waals surface area contributed by atoms with Crippen LogP contribution in [0, 0.1) is 23.5 Å². The Kier molecular flexibility index (Phi) is 7.48. The first-order valence-corrected chi connectivity index (χ1v) is 11.7. The highest BCUT2D eigenvalue weighted by Crippen LogP contribution is 2.37. The highest BCUT2D eigenvalue weighted by molar-refractivity contribution is 5.43. The number of aryl methyl sites for hydroxylation is 1. The predicted octanol–water partition coefficient (Wildman–Crippen LogP) is 5.75. The smallest absolute Gasteiger partial charge is 0.129 e. The lowest BCUT2D eigenvalue weighted by Gasteiger charge is -2.36. The average molecular weight is 478 g/mol. The van der Waals surface area contributed by atoms with Crippen molar-refractivity contribution in [1.82, 2.24) is 14.9 Å². The molecule has 1 fully saturated rings. The van der Waals surface area contributed by atoms with Gasteiger partial charge in [-0.25, -0.2) is 13.8 Å². The van der Waals surface area contributed by atoms with Crippen LogP contribution in [0.4, 0.5) is 14.6 Å². The molecule has 3 aromatic rings. The number of aromatic nitrogens is 2. The second-order valence-electron chi connectivity index (χ2n) is 8.96. The fourth-order valence-corrected chi connectivity index (χ4v) is 4.57. The summed E-state index contributed by atoms with van der Waals surface area (Å²) in [6.45, 7) is 11.3. The number of rotatable bonds is 8. The Labute approximate surface area is 204 Å². The van der Waals surface area contributed by atoms with Crippen LogP contribution < -0.4 is 4.90 Å². The molecule has 0 spiro atoms. The van der Waals surface area contributed by atoms with Gasteiger partial charge in [0.15, 0.2) is 0 Å². The largest absolute Gasteiger partial charge is 0.372 e. The normalized spacial score (nSPS) is 15.5. The van der Waals surface area contributed by atoms with Crippen LogP contribution in [0.3, 0.4) is 0 Å². The van der Waals surface area contributed by atoms with Gasteiger partial charge < -0.3 is 9.80 Å². The summed E-state index contributed by atoms with van der Waals surface area (Å²) < 4.78 is 28.5. The van der Waals surface area contributed by atoms with E-state index in [2.05, 4.69) is 31.5 Å². The van der Waals surface area contributed by atoms with Crippen molar-refractivity contribution in [3.05, 3.63) is 106 Å². The van der Waals surface area contributed by atoms with Gasteiger partial charge in [-0.15, -0.1) is 0 Å². The van der Waals surface area contributed by atoms with E-state index in [1.54, 1.807) is 24.5 Å². The second-order valence-corrected chi connectivity index (χ2v) is 8.96. The van der Waals surface area contributed by atoms with Gasteiger partial charge in [-0.05, 0) is 61.2 Å². The van der Waals surface area contributed by atoms with Crippen molar-refractivity contribution in [2.75, 3.05) is 31.1 Å². The van der Waals surface area contributed by atoms with Gasteiger partial charge in [-0.2, -0.15) is 4.91 Å². The van der Waals surface area contributed by atoms with Crippen molar-refractivity contribution in [3.8, 4) is 0 Å². The topological polar surface area (TPSA) is 61.7 Å². The van der Waals surface area contributed by atoms with Crippen LogP contribution in [0.15, 0.2) is 72.3 Å². The number of halogens is 2. The Bertz CT molecular complexity index is 1190. The van der Waals surface area contributed by atoms with Crippen LogP contribution in [-0.2, 0) is 0 Å². The van der Waals surface area contributed by atoms with Gasteiger partial charge >= 0.3 is 0 Å². The Morgan fingerprint density at radius 1 is 1.06 bits per heavy atom. The van der Waals surface area contributed by atoms with E-state index in [1.165, 1.54) is 12.1 Å². The summed E-state index contributed by atoms with van der Waals surface area (Å²) >= 11 is 0. The van der Waals surface area contributed by atoms with E-state index < -0.39 is 23.6 Å². The molecule has 35 heavy (non-hydrogen) atoms. The first kappa shape index (κ1) is 24.4. The summed E-state index contributed by atoms with van der Waals surface area (Å²) in [5, 5.41) is 3.33. The minimum Gasteiger partial charge on any atom is -0.372 e. The maximum absolute atomic E-state index is 14.9. The molecule has 8 heteroatoms. The zero-order chi connectivity index (χ0) is 24.9. The number of hydrogen-bond donors (Lipinski definition) is 0. The van der Waals surface area contributed by atoms with Gasteiger partial charge in [0, 0.05) is 61.9 Å². The third-order valence-corrected chi connectivity index (χ3v) is 6.55. The first-order chi connectivity index (χ1) is 16.9. The molecule has 0 amide bonds. The van der Waals surface area contributed by atoms with Crippen molar-refractivity contribution in [1.29, 1.82) is 0 Å². The van der Waals surface area contributed by atoms with Gasteiger partial charge in [0.2, 0.25) is 0 Å². The van der Waals surface area contributed by atoms with Crippen molar-refractivity contribution in [2.24, 2.45) is 5.18 Å². The Morgan fingerprint density at radius 2 is 1.83 bits per heavy atom. The zero-order valence-electron chi connectivity index (χ0n) is 20.0. The van der Waals surface area contributed by atoms with E-state index in [1.807, 2.05) is 26.0 Å². The lowest BCUT2D eigenvalue weighted by atomic mass is 9.84. The van der Waals surface area contributed by atoms with Gasteiger partial charge in [0.25, 0.3) is 0 Å². The monoisotopic (exact) mass is 477 g/mol. The van der Waals surface area contributed by atoms with E-state index in [9.17, 15) is 13.7 Å². The molecule has 1 aliphatic heterocycles. The Morgan fingerprint density at radius 3 is 2.43 bits per heavy atom. The highest BCUT2D eigenvalue weighted by Gasteiger charge is 2.26. The highest BCUT2D eigenvalue weighted by atomic mass is 19.1.